The van der Waals surface area contributed by atoms with Crippen LogP contribution in [0.1, 0.15) is 0 Å². The summed E-state index contributed by atoms with van der Waals surface area (Å²) in [5, 5.41) is 0. The zero-order chi connectivity index (χ0) is 15.4. The lowest BCUT2D eigenvalue weighted by molar-refractivity contribution is 0.343. The number of halogens is 4. The topological polar surface area (TPSA) is 35.2 Å². The summed E-state index contributed by atoms with van der Waals surface area (Å²) in [4.78, 5) is 0. The summed E-state index contributed by atoms with van der Waals surface area (Å²) in [6, 6.07) is 5.76. The van der Waals surface area contributed by atoms with Crippen LogP contribution in [-0.4, -0.2) is 20.1 Å². The molecule has 7 heteroatoms. The van der Waals surface area contributed by atoms with Gasteiger partial charge in [-0.05, 0) is 23.1 Å². The molecule has 0 spiro atoms. The fourth-order valence-electron chi connectivity index (χ4n) is 1.96. The number of hydrogen-bond donors (Lipinski definition) is 1. The number of nitrogens with two attached hydrogens (primary N) is 1. The van der Waals surface area contributed by atoms with Crippen molar-refractivity contribution in [3.63, 3.8) is 0 Å². The molecule has 2 nitrogen and oxygen atoms in total. The van der Waals surface area contributed by atoms with Gasteiger partial charge in [0.05, 0.1) is 0 Å². The number of hydrogen-bond acceptors (Lipinski definition) is 2. The normalized spacial score (nSPS) is 10.7. The first-order valence-corrected chi connectivity index (χ1v) is 6.24. The van der Waals surface area contributed by atoms with Crippen molar-refractivity contribution in [2.75, 3.05) is 13.2 Å². The van der Waals surface area contributed by atoms with Crippen LogP contribution in [0.3, 0.4) is 0 Å². The Hall–Kier alpha value is -1.86. The number of rotatable bonds is 5. The summed E-state index contributed by atoms with van der Waals surface area (Å²) < 4.78 is 59.1. The van der Waals surface area contributed by atoms with Crippen LogP contribution in [0.4, 0.5) is 17.6 Å². The van der Waals surface area contributed by atoms with Crippen molar-refractivity contribution in [3.05, 3.63) is 59.7 Å². The largest absolute Gasteiger partial charge is 0.425 e. The second kappa shape index (κ2) is 6.73. The predicted octanol–water partition coefficient (Wildman–Crippen LogP) is 1.32. The van der Waals surface area contributed by atoms with Gasteiger partial charge in [-0.15, -0.1) is 0 Å². The van der Waals surface area contributed by atoms with E-state index in [0.717, 1.165) is 24.3 Å². The molecule has 0 bridgehead atoms. The Balaban J connectivity index is 2.46. The molecule has 0 atom stereocenters. The fraction of sp³-hybridized carbons (Fsp3) is 0.143. The molecule has 0 fully saturated rings. The molecule has 0 amide bonds. The van der Waals surface area contributed by atoms with E-state index in [0.29, 0.717) is 12.1 Å². The molecule has 2 aromatic rings. The van der Waals surface area contributed by atoms with E-state index in [1.807, 2.05) is 0 Å². The highest BCUT2D eigenvalue weighted by atomic mass is 19.1. The van der Waals surface area contributed by atoms with Crippen LogP contribution < -0.4 is 16.7 Å². The second-order valence-electron chi connectivity index (χ2n) is 4.37. The van der Waals surface area contributed by atoms with Crippen molar-refractivity contribution in [2.24, 2.45) is 5.73 Å². The lowest BCUT2D eigenvalue weighted by Crippen LogP contribution is -2.49. The average Bonchev–Trinajstić information content (AvgIpc) is 2.42. The standard InChI is InChI=1S/C14H12BF4NO/c16-9-1-3-11(13(18)7-9)15(21-6-5-20)12-4-2-10(17)8-14(12)19/h1-4,7-8H,5-6,20H2. The molecular formula is C14H12BF4NO. The van der Waals surface area contributed by atoms with Crippen LogP contribution >= 0.6 is 0 Å². The Labute approximate surface area is 119 Å². The predicted molar refractivity (Wildman–Crippen MR) is 72.7 cm³/mol. The van der Waals surface area contributed by atoms with Gasteiger partial charge in [0, 0.05) is 25.3 Å². The second-order valence-corrected chi connectivity index (χ2v) is 4.37. The van der Waals surface area contributed by atoms with Gasteiger partial charge in [0.1, 0.15) is 23.3 Å². The van der Waals surface area contributed by atoms with Crippen molar-refractivity contribution in [1.29, 1.82) is 0 Å². The summed E-state index contributed by atoms with van der Waals surface area (Å²) >= 11 is 0. The highest BCUT2D eigenvalue weighted by Crippen LogP contribution is 2.06. The van der Waals surface area contributed by atoms with Crippen LogP contribution in [0.2, 0.25) is 0 Å². The molecule has 0 aliphatic heterocycles. The molecule has 2 N–H and O–H groups in total. The fourth-order valence-corrected chi connectivity index (χ4v) is 1.96. The summed E-state index contributed by atoms with van der Waals surface area (Å²) in [7, 11) is 0. The molecule has 0 saturated heterocycles. The summed E-state index contributed by atoms with van der Waals surface area (Å²) in [5.41, 5.74) is 5.23. The molecule has 0 aromatic heterocycles. The Kier molecular flexibility index (Phi) is 4.98. The third-order valence-corrected chi connectivity index (χ3v) is 2.89. The van der Waals surface area contributed by atoms with Crippen molar-refractivity contribution in [3.8, 4) is 0 Å². The molecule has 2 rings (SSSR count). The van der Waals surface area contributed by atoms with Crippen LogP contribution in [-0.2, 0) is 4.65 Å². The van der Waals surface area contributed by atoms with Crippen molar-refractivity contribution in [2.45, 2.75) is 0 Å². The van der Waals surface area contributed by atoms with Gasteiger partial charge in [-0.1, -0.05) is 12.1 Å². The monoisotopic (exact) mass is 297 g/mol. The molecule has 110 valence electrons. The van der Waals surface area contributed by atoms with Gasteiger partial charge in [-0.25, -0.2) is 17.6 Å². The van der Waals surface area contributed by atoms with E-state index in [-0.39, 0.29) is 24.1 Å². The minimum Gasteiger partial charge on any atom is -0.425 e. The van der Waals surface area contributed by atoms with E-state index in [1.165, 1.54) is 0 Å². The van der Waals surface area contributed by atoms with Crippen molar-refractivity contribution < 1.29 is 22.2 Å². The first-order chi connectivity index (χ1) is 10.0. The van der Waals surface area contributed by atoms with Crippen LogP contribution in [0.15, 0.2) is 36.4 Å². The summed E-state index contributed by atoms with van der Waals surface area (Å²) in [6.45, 7) is -0.949. The third kappa shape index (κ3) is 3.62. The summed E-state index contributed by atoms with van der Waals surface area (Å²) in [5.74, 6) is -3.26. The Morgan fingerprint density at radius 3 is 1.71 bits per heavy atom. The van der Waals surface area contributed by atoms with Crippen LogP contribution in [0, 0.1) is 23.3 Å². The van der Waals surface area contributed by atoms with Gasteiger partial charge in [-0.3, -0.25) is 0 Å². The van der Waals surface area contributed by atoms with E-state index >= 15 is 0 Å². The quantitative estimate of drug-likeness (QED) is 0.667. The van der Waals surface area contributed by atoms with Gasteiger partial charge in [0.15, 0.2) is 0 Å². The first kappa shape index (κ1) is 15.5. The Morgan fingerprint density at radius 1 is 0.857 bits per heavy atom. The van der Waals surface area contributed by atoms with Crippen molar-refractivity contribution >= 4 is 17.8 Å². The molecule has 0 radical (unpaired) electrons. The molecule has 0 aliphatic rings. The van der Waals surface area contributed by atoms with Crippen molar-refractivity contribution in [1.82, 2.24) is 0 Å². The lowest BCUT2D eigenvalue weighted by atomic mass is 9.55. The average molecular weight is 297 g/mol. The zero-order valence-corrected chi connectivity index (χ0v) is 11.0. The van der Waals surface area contributed by atoms with E-state index in [2.05, 4.69) is 0 Å². The van der Waals surface area contributed by atoms with E-state index in [9.17, 15) is 17.6 Å². The van der Waals surface area contributed by atoms with Gasteiger partial charge in [-0.2, -0.15) is 0 Å². The zero-order valence-electron chi connectivity index (χ0n) is 11.0. The highest BCUT2D eigenvalue weighted by molar-refractivity contribution is 6.80. The molecule has 0 aliphatic carbocycles. The molecular weight excluding hydrogens is 285 g/mol. The molecule has 21 heavy (non-hydrogen) atoms. The van der Waals surface area contributed by atoms with Gasteiger partial charge >= 0.3 is 6.92 Å². The minimum absolute atomic E-state index is 0.0400. The smallest absolute Gasteiger partial charge is 0.367 e. The number of benzene rings is 2. The van der Waals surface area contributed by atoms with Gasteiger partial charge in [0.25, 0.3) is 0 Å². The molecule has 0 saturated carbocycles. The third-order valence-electron chi connectivity index (χ3n) is 2.89. The maximum Gasteiger partial charge on any atom is 0.367 e. The SMILES string of the molecule is NCCOB(c1ccc(F)cc1F)c1ccc(F)cc1F. The van der Waals surface area contributed by atoms with Gasteiger partial charge in [0.2, 0.25) is 0 Å². The molecule has 0 heterocycles. The Bertz CT molecular complexity index is 587. The lowest BCUT2D eigenvalue weighted by Gasteiger charge is -2.16. The maximum atomic E-state index is 13.9. The maximum absolute atomic E-state index is 13.9. The molecule has 2 aromatic carbocycles. The first-order valence-electron chi connectivity index (χ1n) is 6.24. The van der Waals surface area contributed by atoms with E-state index in [1.54, 1.807) is 0 Å². The molecule has 0 unspecified atom stereocenters. The van der Waals surface area contributed by atoms with E-state index < -0.39 is 30.2 Å². The van der Waals surface area contributed by atoms with Gasteiger partial charge < -0.3 is 10.4 Å². The van der Waals surface area contributed by atoms with Crippen LogP contribution in [0.25, 0.3) is 0 Å². The highest BCUT2D eigenvalue weighted by Gasteiger charge is 2.28. The van der Waals surface area contributed by atoms with Crippen LogP contribution in [0.5, 0.6) is 0 Å². The Morgan fingerprint density at radius 2 is 1.33 bits per heavy atom. The minimum atomic E-state index is -1.13. The summed E-state index contributed by atoms with van der Waals surface area (Å²) in [6.07, 6.45) is 0. The van der Waals surface area contributed by atoms with E-state index in [4.69, 9.17) is 10.4 Å².